The van der Waals surface area contributed by atoms with Gasteiger partial charge in [-0.1, -0.05) is 0 Å². The molecule has 6 fully saturated rings. The van der Waals surface area contributed by atoms with Crippen molar-refractivity contribution in [1.29, 1.82) is 0 Å². The molecule has 1 aromatic carbocycles. The Hall–Kier alpha value is -3.24. The molecule has 6 aliphatic rings. The van der Waals surface area contributed by atoms with Crippen molar-refractivity contribution in [3.05, 3.63) is 29.3 Å². The Morgan fingerprint density at radius 3 is 2.19 bits per heavy atom. The van der Waals surface area contributed by atoms with Crippen molar-refractivity contribution < 1.29 is 33.1 Å². The van der Waals surface area contributed by atoms with Gasteiger partial charge in [-0.25, -0.2) is 13.6 Å². The molecular formula is C25H28F2N4O5. The summed E-state index contributed by atoms with van der Waals surface area (Å²) in [5, 5.41) is 12.1. The number of piperidine rings is 1. The van der Waals surface area contributed by atoms with Gasteiger partial charge in [0.2, 0.25) is 17.7 Å². The fourth-order valence-corrected chi connectivity index (χ4v) is 6.85. The van der Waals surface area contributed by atoms with E-state index in [9.17, 15) is 33.1 Å². The second kappa shape index (κ2) is 7.63. The van der Waals surface area contributed by atoms with E-state index in [0.717, 1.165) is 25.0 Å². The van der Waals surface area contributed by atoms with E-state index in [0.29, 0.717) is 25.3 Å². The molecule has 11 heteroatoms. The summed E-state index contributed by atoms with van der Waals surface area (Å²) < 4.78 is 29.8. The molecule has 0 spiro atoms. The van der Waals surface area contributed by atoms with Gasteiger partial charge >= 0.3 is 6.09 Å². The molecule has 2 saturated heterocycles. The number of carbonyl (C=O) groups excluding carboxylic acids is 3. The SMILES string of the molecule is CN(C(=O)C12CC(N(C(=O)O)C3CN(c4cc(F)c(C5CCC(=O)NC5=O)c(F)c4)C3)(C1)C2)C1CC1. The molecule has 2 aliphatic heterocycles. The van der Waals surface area contributed by atoms with Crippen LogP contribution in [0.3, 0.4) is 0 Å². The average Bonchev–Trinajstić information content (AvgIpc) is 3.55. The third kappa shape index (κ3) is 3.31. The molecule has 36 heavy (non-hydrogen) atoms. The van der Waals surface area contributed by atoms with Gasteiger partial charge in [0.15, 0.2) is 0 Å². The number of nitrogens with zero attached hydrogens (tertiary/aromatic N) is 3. The molecule has 0 radical (unpaired) electrons. The van der Waals surface area contributed by atoms with E-state index >= 15 is 0 Å². The van der Waals surface area contributed by atoms with E-state index < -0.39 is 46.4 Å². The summed E-state index contributed by atoms with van der Waals surface area (Å²) in [4.78, 5) is 53.5. The van der Waals surface area contributed by atoms with Gasteiger partial charge in [0.25, 0.3) is 0 Å². The molecule has 1 unspecified atom stereocenters. The zero-order chi connectivity index (χ0) is 25.6. The Balaban J connectivity index is 1.12. The summed E-state index contributed by atoms with van der Waals surface area (Å²) in [6, 6.07) is 2.30. The molecule has 2 heterocycles. The van der Waals surface area contributed by atoms with Crippen LogP contribution in [0.2, 0.25) is 0 Å². The Morgan fingerprint density at radius 1 is 1.06 bits per heavy atom. The number of carboxylic acid groups (broad SMARTS) is 1. The highest BCUT2D eigenvalue weighted by atomic mass is 19.1. The van der Waals surface area contributed by atoms with Gasteiger partial charge in [-0.2, -0.15) is 0 Å². The van der Waals surface area contributed by atoms with Gasteiger partial charge in [0, 0.05) is 49.4 Å². The molecule has 4 saturated carbocycles. The van der Waals surface area contributed by atoms with Crippen molar-refractivity contribution in [1.82, 2.24) is 15.1 Å². The quantitative estimate of drug-likeness (QED) is 0.578. The first kappa shape index (κ1) is 23.2. The highest BCUT2D eigenvalue weighted by Crippen LogP contribution is 2.71. The minimum atomic E-state index is -1.07. The third-order valence-corrected chi connectivity index (χ3v) is 8.83. The Kier molecular flexibility index (Phi) is 4.91. The lowest BCUT2D eigenvalue weighted by molar-refractivity contribution is -0.224. The molecule has 2 N–H and O–H groups in total. The smallest absolute Gasteiger partial charge is 0.408 e. The van der Waals surface area contributed by atoms with Gasteiger partial charge in [-0.15, -0.1) is 0 Å². The van der Waals surface area contributed by atoms with Crippen LogP contribution in [-0.4, -0.2) is 76.5 Å². The third-order valence-electron chi connectivity index (χ3n) is 8.83. The fourth-order valence-electron chi connectivity index (χ4n) is 6.85. The zero-order valence-corrected chi connectivity index (χ0v) is 19.9. The number of hydrogen-bond donors (Lipinski definition) is 2. The second-order valence-corrected chi connectivity index (χ2v) is 11.2. The summed E-state index contributed by atoms with van der Waals surface area (Å²) in [5.74, 6) is -3.85. The summed E-state index contributed by atoms with van der Waals surface area (Å²) in [6.45, 7) is 0.571. The van der Waals surface area contributed by atoms with E-state index in [4.69, 9.17) is 0 Å². The molecular weight excluding hydrogens is 474 g/mol. The van der Waals surface area contributed by atoms with Crippen molar-refractivity contribution in [2.24, 2.45) is 5.41 Å². The number of rotatable bonds is 6. The lowest BCUT2D eigenvalue weighted by atomic mass is 9.38. The first-order valence-electron chi connectivity index (χ1n) is 12.4. The fraction of sp³-hybridized carbons (Fsp3) is 0.600. The number of anilines is 1. The van der Waals surface area contributed by atoms with Gasteiger partial charge in [0.05, 0.1) is 17.4 Å². The first-order chi connectivity index (χ1) is 17.0. The molecule has 4 amide bonds. The van der Waals surface area contributed by atoms with Crippen LogP contribution in [0.1, 0.15) is 56.4 Å². The van der Waals surface area contributed by atoms with Gasteiger partial charge < -0.3 is 14.9 Å². The molecule has 1 atom stereocenters. The Bertz CT molecular complexity index is 1150. The van der Waals surface area contributed by atoms with Gasteiger partial charge in [-0.3, -0.25) is 24.6 Å². The molecule has 1 aromatic rings. The van der Waals surface area contributed by atoms with Crippen LogP contribution in [0.5, 0.6) is 0 Å². The van der Waals surface area contributed by atoms with Crippen LogP contribution in [0.15, 0.2) is 12.1 Å². The average molecular weight is 503 g/mol. The van der Waals surface area contributed by atoms with E-state index in [2.05, 4.69) is 5.32 Å². The predicted molar refractivity (Wildman–Crippen MR) is 122 cm³/mol. The Labute approximate surface area is 206 Å². The number of hydrogen-bond acceptors (Lipinski definition) is 5. The normalized spacial score (nSPS) is 31.1. The lowest BCUT2D eigenvalue weighted by Gasteiger charge is -2.74. The lowest BCUT2D eigenvalue weighted by Crippen LogP contribution is -2.82. The molecule has 0 aromatic heterocycles. The van der Waals surface area contributed by atoms with Crippen LogP contribution in [0.4, 0.5) is 19.3 Å². The van der Waals surface area contributed by atoms with Gasteiger partial charge in [-0.05, 0) is 50.7 Å². The van der Waals surface area contributed by atoms with Crippen LogP contribution in [0.25, 0.3) is 0 Å². The standard InChI is InChI=1S/C25H28F2N4O5/c1-29(13-2-3-13)22(34)24-10-25(11-24,12-24)31(23(35)36)15-8-30(9-15)14-6-17(26)20(18(27)7-14)16-4-5-19(32)28-21(16)33/h6-7,13,15-16H,2-5,8-12H2,1H3,(H,35,36)(H,28,32,33). The maximum atomic E-state index is 14.9. The number of carbonyl (C=O) groups is 4. The van der Waals surface area contributed by atoms with Crippen molar-refractivity contribution >= 4 is 29.5 Å². The van der Waals surface area contributed by atoms with Crippen LogP contribution in [-0.2, 0) is 14.4 Å². The summed E-state index contributed by atoms with van der Waals surface area (Å²) >= 11 is 0. The number of nitrogens with one attached hydrogen (secondary N) is 1. The van der Waals surface area contributed by atoms with E-state index in [1.807, 2.05) is 11.9 Å². The Morgan fingerprint density at radius 2 is 1.67 bits per heavy atom. The van der Waals surface area contributed by atoms with Crippen molar-refractivity contribution in [3.8, 4) is 0 Å². The summed E-state index contributed by atoms with van der Waals surface area (Å²) in [5.41, 5.74) is -1.05. The predicted octanol–water partition coefficient (Wildman–Crippen LogP) is 2.20. The summed E-state index contributed by atoms with van der Waals surface area (Å²) in [7, 11) is 1.83. The molecule has 2 bridgehead atoms. The highest BCUT2D eigenvalue weighted by molar-refractivity contribution is 6.01. The van der Waals surface area contributed by atoms with Crippen molar-refractivity contribution in [2.75, 3.05) is 25.0 Å². The van der Waals surface area contributed by atoms with Gasteiger partial charge in [0.1, 0.15) is 11.6 Å². The van der Waals surface area contributed by atoms with E-state index in [1.54, 1.807) is 4.90 Å². The van der Waals surface area contributed by atoms with E-state index in [-0.39, 0.29) is 49.1 Å². The molecule has 192 valence electrons. The minimum absolute atomic E-state index is 0.0152. The number of halogens is 2. The van der Waals surface area contributed by atoms with Crippen molar-refractivity contribution in [3.63, 3.8) is 0 Å². The number of benzene rings is 1. The minimum Gasteiger partial charge on any atom is -0.465 e. The van der Waals surface area contributed by atoms with Crippen LogP contribution < -0.4 is 10.2 Å². The zero-order valence-electron chi connectivity index (χ0n) is 19.9. The first-order valence-corrected chi connectivity index (χ1v) is 12.4. The number of amides is 4. The molecule has 4 aliphatic carbocycles. The monoisotopic (exact) mass is 502 g/mol. The van der Waals surface area contributed by atoms with E-state index in [1.165, 1.54) is 4.90 Å². The van der Waals surface area contributed by atoms with Crippen LogP contribution in [0, 0.1) is 17.0 Å². The highest BCUT2D eigenvalue weighted by Gasteiger charge is 2.76. The molecule has 9 nitrogen and oxygen atoms in total. The topological polar surface area (TPSA) is 110 Å². The maximum absolute atomic E-state index is 14.9. The van der Waals surface area contributed by atoms with Crippen molar-refractivity contribution in [2.45, 2.75) is 68.5 Å². The molecule has 7 rings (SSSR count). The number of imide groups is 1. The maximum Gasteiger partial charge on any atom is 0.408 e. The van der Waals surface area contributed by atoms with Crippen LogP contribution >= 0.6 is 0 Å². The second-order valence-electron chi connectivity index (χ2n) is 11.2. The largest absolute Gasteiger partial charge is 0.465 e. The summed E-state index contributed by atoms with van der Waals surface area (Å²) in [6.07, 6.45) is 2.66.